The second kappa shape index (κ2) is 41.1. The lowest BCUT2D eigenvalue weighted by Crippen LogP contribution is -2.41. The second-order valence-electron chi connectivity index (χ2n) is 28.1. The van der Waals surface area contributed by atoms with Crippen LogP contribution < -0.4 is 10.9 Å². The summed E-state index contributed by atoms with van der Waals surface area (Å²) in [5.74, 6) is 0. The molecule has 18 heteroatoms. The Morgan fingerprint density at radius 3 is 1.10 bits per heavy atom. The van der Waals surface area contributed by atoms with Gasteiger partial charge in [-0.3, -0.25) is 0 Å². The molecule has 1 heterocycles. The van der Waals surface area contributed by atoms with Crippen molar-refractivity contribution in [2.75, 3.05) is 107 Å². The molecular weight excluding hydrogens is 1710 g/mol. The van der Waals surface area contributed by atoms with Crippen molar-refractivity contribution in [2.24, 2.45) is 0 Å². The maximum Gasteiger partial charge on any atom is 0.493 e. The normalized spacial score (nSPS) is 14.7. The molecule has 5 aliphatic rings. The number of aliphatic hydroxyl groups is 1. The first-order valence-corrected chi connectivity index (χ1v) is 42.8. The van der Waals surface area contributed by atoms with E-state index in [9.17, 15) is 0 Å². The van der Waals surface area contributed by atoms with E-state index in [-0.39, 0.29) is 30.0 Å². The first-order chi connectivity index (χ1) is 51.3. The highest BCUT2D eigenvalue weighted by Crippen LogP contribution is 2.64. The molecule has 0 aromatic heterocycles. The van der Waals surface area contributed by atoms with Crippen LogP contribution in [0.1, 0.15) is 174 Å². The molecule has 4 aliphatic carbocycles. The number of ether oxygens (including phenoxy) is 6. The van der Waals surface area contributed by atoms with E-state index < -0.39 is 0 Å². The van der Waals surface area contributed by atoms with Gasteiger partial charge in [0.25, 0.3) is 0 Å². The van der Waals surface area contributed by atoms with E-state index in [0.717, 1.165) is 70.2 Å². The van der Waals surface area contributed by atoms with Gasteiger partial charge in [-0.05, 0) is 206 Å². The van der Waals surface area contributed by atoms with Gasteiger partial charge in [0.1, 0.15) is 0 Å². The Kier molecular flexibility index (Phi) is 32.2. The molecule has 1 saturated heterocycles. The quantitative estimate of drug-likeness (QED) is 0.0297. The number of rotatable bonds is 38. The molecule has 13 rings (SSSR count). The van der Waals surface area contributed by atoms with Crippen LogP contribution in [0.4, 0.5) is 0 Å². The Labute approximate surface area is 676 Å². The number of aliphatic hydroxyl groups excluding tert-OH is 1. The topological polar surface area (TPSA) is 103 Å². The molecule has 0 saturated carbocycles. The minimum atomic E-state index is -0.337. The molecule has 1 radical (unpaired) electrons. The maximum absolute atomic E-state index is 9.16. The summed E-state index contributed by atoms with van der Waals surface area (Å²) in [7, 11) is 4.97. The minimum absolute atomic E-state index is 0.000194. The number of benzene rings is 8. The van der Waals surface area contributed by atoms with Crippen LogP contribution >= 0.6 is 95.6 Å². The van der Waals surface area contributed by atoms with E-state index in [4.69, 9.17) is 47.5 Å². The Morgan fingerprint density at radius 2 is 0.695 bits per heavy atom. The largest absolute Gasteiger partial charge is 0.493 e. The summed E-state index contributed by atoms with van der Waals surface area (Å²) in [5, 5.41) is 9.16. The molecule has 1 spiro atoms. The molecule has 0 bridgehead atoms. The van der Waals surface area contributed by atoms with Crippen molar-refractivity contribution in [3.8, 4) is 44.5 Å². The van der Waals surface area contributed by atoms with Crippen molar-refractivity contribution in [3.05, 3.63) is 217 Å². The fraction of sp³-hybridized carbons (Fsp3) is 0.448. The van der Waals surface area contributed by atoms with Crippen molar-refractivity contribution >= 4 is 121 Å². The monoisotopic (exact) mass is 1800 g/mol. The predicted octanol–water partition coefficient (Wildman–Crippen LogP) is 21.9. The summed E-state index contributed by atoms with van der Waals surface area (Å²) in [5.41, 5.74) is 23.2. The molecule has 0 atom stereocenters. The molecule has 1 fully saturated rings. The Balaban J connectivity index is 0.000000159. The van der Waals surface area contributed by atoms with Crippen molar-refractivity contribution < 1.29 is 47.5 Å². The van der Waals surface area contributed by atoms with Gasteiger partial charge >= 0.3 is 14.6 Å². The number of halogens is 6. The van der Waals surface area contributed by atoms with Gasteiger partial charge < -0.3 is 47.5 Å². The van der Waals surface area contributed by atoms with E-state index in [1.807, 2.05) is 7.48 Å². The van der Waals surface area contributed by atoms with Gasteiger partial charge in [-0.25, -0.2) is 0 Å². The van der Waals surface area contributed by atoms with Crippen LogP contribution in [0.15, 0.2) is 172 Å². The van der Waals surface area contributed by atoms with Crippen LogP contribution in [-0.2, 0) is 58.6 Å². The van der Waals surface area contributed by atoms with Crippen molar-refractivity contribution in [3.63, 3.8) is 0 Å². The third-order valence-electron chi connectivity index (χ3n) is 21.4. The van der Waals surface area contributed by atoms with Crippen LogP contribution in [0.5, 0.6) is 0 Å². The van der Waals surface area contributed by atoms with Gasteiger partial charge in [0.2, 0.25) is 0 Å². The molecule has 105 heavy (non-hydrogen) atoms. The van der Waals surface area contributed by atoms with E-state index in [1.165, 1.54) is 179 Å². The molecule has 557 valence electrons. The van der Waals surface area contributed by atoms with Crippen molar-refractivity contribution in [2.45, 2.75) is 146 Å². The summed E-state index contributed by atoms with van der Waals surface area (Å²) in [6, 6.07) is 53.8. The molecule has 10 nitrogen and oxygen atoms in total. The average Bonchev–Trinajstić information content (AvgIpc) is 1.51. The highest BCUT2D eigenvalue weighted by atomic mass is 79.9. The van der Waals surface area contributed by atoms with Gasteiger partial charge in [0.05, 0.1) is 58.3 Å². The molecule has 0 unspecified atom stereocenters. The fourth-order valence-corrected chi connectivity index (χ4v) is 18.6. The lowest BCUT2D eigenvalue weighted by Gasteiger charge is -2.34. The number of unbranched alkanes of at least 4 members (excludes halogenated alkanes) is 10. The molecular formula is C87H101B2Br6O10. The average molecular weight is 1810 g/mol. The van der Waals surface area contributed by atoms with Crippen LogP contribution in [0.25, 0.3) is 44.5 Å². The Hall–Kier alpha value is -3.63. The van der Waals surface area contributed by atoms with Gasteiger partial charge in [0, 0.05) is 91.5 Å². The zero-order chi connectivity index (χ0) is 73.6. The molecule has 8 aromatic carbocycles. The summed E-state index contributed by atoms with van der Waals surface area (Å²) < 4.78 is 57.6. The Morgan fingerprint density at radius 1 is 0.362 bits per heavy atom. The number of hydrogen-bond donors (Lipinski definition) is 1. The zero-order valence-corrected chi connectivity index (χ0v) is 71.0. The molecule has 1 N–H and O–H groups in total. The Bertz CT molecular complexity index is 3830. The van der Waals surface area contributed by atoms with E-state index in [2.05, 4.69) is 255 Å². The van der Waals surface area contributed by atoms with Crippen LogP contribution in [0.3, 0.4) is 0 Å². The summed E-state index contributed by atoms with van der Waals surface area (Å²) in [6.45, 7) is 12.7. The molecule has 1 aliphatic heterocycles. The maximum atomic E-state index is 9.16. The highest BCUT2D eigenvalue weighted by Gasteiger charge is 2.52. The number of methoxy groups -OCH3 is 2. The van der Waals surface area contributed by atoms with Gasteiger partial charge in [-0.15, -0.1) is 0 Å². The zero-order valence-electron chi connectivity index (χ0n) is 61.5. The first kappa shape index (κ1) is 82.3. The standard InChI is InChI=1S/C35H53B2O4.C27H36Br2O6.C25H12Br4/c1-3-5-7-9-11-13-21-35(22-14-12-10-8-6-4-2)33-27-29(36-39-24-15-23-38)17-19-31(33)32-20-18-30(28-34(32)35)37-40-25-16-26-41-37;1-30-11-13-34-17-15-32-9-7-27(8-10-33-16-18-35-14-12-31-2)25-19-21(28)3-5-23(25)24-6-4-22(29)20-26(24)27;26-13-1-5-17-18-6-2-14(27)10-22(18)25(21(17)9-13)23-11-15(28)3-7-19(23)20-8-4-16(29)12-24(20)25/h17-20,27-28,38H,3-16,21-26H2,1-2H3;3-6,19-20H,7-18H2,1-2H3;1-12H. The third kappa shape index (κ3) is 19.6. The van der Waals surface area contributed by atoms with Crippen LogP contribution in [0, 0.1) is 0 Å². The van der Waals surface area contributed by atoms with Gasteiger partial charge in [-0.1, -0.05) is 265 Å². The van der Waals surface area contributed by atoms with Crippen molar-refractivity contribution in [1.82, 2.24) is 0 Å². The molecule has 8 aromatic rings. The first-order valence-electron chi connectivity index (χ1n) is 38.0. The summed E-state index contributed by atoms with van der Waals surface area (Å²) in [4.78, 5) is 0. The van der Waals surface area contributed by atoms with Gasteiger partial charge in [0.15, 0.2) is 0 Å². The SMILES string of the molecule is Brc1ccc2c(c1)C1(c3cc(Br)ccc3-2)c2cc(Br)ccc2-c2ccc(Br)cc21.CCCCCCCCC1(CCCCCCCC)c2cc([B]OCCCO)ccc2-c2ccc(B3OCCCO3)cc21.COCCOCCOCCC1(CCOCCOCCOC)c2cc(Br)ccc2-c2ccc(Br)cc21. The smallest absolute Gasteiger partial charge is 0.434 e. The second-order valence-corrected chi connectivity index (χ2v) is 33.6. The predicted molar refractivity (Wildman–Crippen MR) is 451 cm³/mol. The van der Waals surface area contributed by atoms with Crippen LogP contribution in [-0.4, -0.2) is 126 Å². The van der Waals surface area contributed by atoms with Crippen molar-refractivity contribution in [1.29, 1.82) is 0 Å². The molecule has 0 amide bonds. The summed E-state index contributed by atoms with van der Waals surface area (Å²) in [6.07, 6.45) is 21.4. The van der Waals surface area contributed by atoms with E-state index >= 15 is 0 Å². The lowest BCUT2D eigenvalue weighted by atomic mass is 9.67. The highest BCUT2D eigenvalue weighted by molar-refractivity contribution is 9.11. The fourth-order valence-electron chi connectivity index (χ4n) is 16.5. The number of hydrogen-bond acceptors (Lipinski definition) is 10. The van der Waals surface area contributed by atoms with E-state index in [0.29, 0.717) is 79.1 Å². The number of fused-ring (bicyclic) bond motifs is 16. The third-order valence-corrected chi connectivity index (χ3v) is 24.4. The van der Waals surface area contributed by atoms with Gasteiger partial charge in [-0.2, -0.15) is 0 Å². The van der Waals surface area contributed by atoms with E-state index in [1.54, 1.807) is 14.2 Å². The minimum Gasteiger partial charge on any atom is -0.434 e. The van der Waals surface area contributed by atoms with Crippen LogP contribution in [0.2, 0.25) is 0 Å². The lowest BCUT2D eigenvalue weighted by molar-refractivity contribution is 0.0145. The summed E-state index contributed by atoms with van der Waals surface area (Å²) >= 11 is 22.3.